The molecule has 0 aromatic heterocycles. The van der Waals surface area contributed by atoms with Gasteiger partial charge in [-0.2, -0.15) is 0 Å². The number of rotatable bonds is 2. The highest BCUT2D eigenvalue weighted by Gasteiger charge is 2.44. The van der Waals surface area contributed by atoms with Crippen molar-refractivity contribution in [1.82, 2.24) is 5.32 Å². The summed E-state index contributed by atoms with van der Waals surface area (Å²) >= 11 is 0. The van der Waals surface area contributed by atoms with Crippen molar-refractivity contribution < 1.29 is 14.7 Å². The van der Waals surface area contributed by atoms with Crippen LogP contribution in [0.25, 0.3) is 0 Å². The molecule has 2 rings (SSSR count). The Kier molecular flexibility index (Phi) is 2.93. The standard InChI is InChI=1S/C11H17NO3/c13-10-9(11(14)15)8(6-12-10)7-4-2-1-3-5-7/h7-9H,1-6H2,(H,12,13)(H,14,15)/t8-,9+/m0/s1. The predicted octanol–water partition coefficient (Wildman–Crippen LogP) is 1.01. The fraction of sp³-hybridized carbons (Fsp3) is 0.818. The van der Waals surface area contributed by atoms with Gasteiger partial charge >= 0.3 is 5.97 Å². The summed E-state index contributed by atoms with van der Waals surface area (Å²) in [6.07, 6.45) is 5.79. The smallest absolute Gasteiger partial charge is 0.316 e. The van der Waals surface area contributed by atoms with Crippen molar-refractivity contribution in [3.8, 4) is 0 Å². The first-order valence-corrected chi connectivity index (χ1v) is 5.70. The average Bonchev–Trinajstić information content (AvgIpc) is 2.61. The molecule has 2 fully saturated rings. The molecule has 84 valence electrons. The molecular formula is C11H17NO3. The summed E-state index contributed by atoms with van der Waals surface area (Å²) in [5.74, 6) is -1.60. The Bertz CT molecular complexity index is 271. The lowest BCUT2D eigenvalue weighted by molar-refractivity contribution is -0.147. The van der Waals surface area contributed by atoms with Gasteiger partial charge in [-0.25, -0.2) is 0 Å². The molecule has 0 aromatic carbocycles. The van der Waals surface area contributed by atoms with E-state index in [1.54, 1.807) is 0 Å². The maximum absolute atomic E-state index is 11.4. The number of nitrogens with one attached hydrogen (secondary N) is 1. The summed E-state index contributed by atoms with van der Waals surface area (Å²) in [5, 5.41) is 11.7. The Morgan fingerprint density at radius 1 is 1.27 bits per heavy atom. The van der Waals surface area contributed by atoms with Gasteiger partial charge in [0.15, 0.2) is 0 Å². The van der Waals surface area contributed by atoms with Crippen molar-refractivity contribution in [2.45, 2.75) is 32.1 Å². The average molecular weight is 211 g/mol. The summed E-state index contributed by atoms with van der Waals surface area (Å²) in [4.78, 5) is 22.4. The first-order chi connectivity index (χ1) is 7.20. The Morgan fingerprint density at radius 3 is 2.53 bits per heavy atom. The van der Waals surface area contributed by atoms with Gasteiger partial charge in [0.1, 0.15) is 5.92 Å². The number of hydrogen-bond acceptors (Lipinski definition) is 2. The zero-order chi connectivity index (χ0) is 10.8. The van der Waals surface area contributed by atoms with E-state index in [9.17, 15) is 9.59 Å². The molecule has 4 nitrogen and oxygen atoms in total. The first-order valence-electron chi connectivity index (χ1n) is 5.70. The van der Waals surface area contributed by atoms with Gasteiger partial charge in [-0.3, -0.25) is 9.59 Å². The van der Waals surface area contributed by atoms with Crippen molar-refractivity contribution in [3.05, 3.63) is 0 Å². The molecule has 1 amide bonds. The fourth-order valence-corrected chi connectivity index (χ4v) is 2.94. The molecule has 1 saturated carbocycles. The van der Waals surface area contributed by atoms with E-state index in [0.29, 0.717) is 12.5 Å². The quantitative estimate of drug-likeness (QED) is 0.670. The van der Waals surface area contributed by atoms with Crippen LogP contribution in [-0.4, -0.2) is 23.5 Å². The zero-order valence-electron chi connectivity index (χ0n) is 8.74. The third kappa shape index (κ3) is 1.98. The topological polar surface area (TPSA) is 66.4 Å². The monoisotopic (exact) mass is 211 g/mol. The van der Waals surface area contributed by atoms with E-state index in [0.717, 1.165) is 12.8 Å². The number of hydrogen-bond donors (Lipinski definition) is 2. The third-order valence-electron chi connectivity index (χ3n) is 3.74. The summed E-state index contributed by atoms with van der Waals surface area (Å²) in [7, 11) is 0. The highest BCUT2D eigenvalue weighted by atomic mass is 16.4. The maximum atomic E-state index is 11.4. The second-order valence-corrected chi connectivity index (χ2v) is 4.62. The normalized spacial score (nSPS) is 32.7. The number of carboxylic acid groups (broad SMARTS) is 1. The molecule has 0 unspecified atom stereocenters. The number of aliphatic carboxylic acids is 1. The molecule has 0 bridgehead atoms. The lowest BCUT2D eigenvalue weighted by atomic mass is 9.75. The fourth-order valence-electron chi connectivity index (χ4n) is 2.94. The van der Waals surface area contributed by atoms with Crippen LogP contribution in [-0.2, 0) is 9.59 Å². The van der Waals surface area contributed by atoms with Crippen LogP contribution in [0.2, 0.25) is 0 Å². The van der Waals surface area contributed by atoms with Crippen LogP contribution in [0.5, 0.6) is 0 Å². The molecule has 0 spiro atoms. The van der Waals surface area contributed by atoms with Crippen LogP contribution >= 0.6 is 0 Å². The summed E-state index contributed by atoms with van der Waals surface area (Å²) in [5.41, 5.74) is 0. The third-order valence-corrected chi connectivity index (χ3v) is 3.74. The Hall–Kier alpha value is -1.06. The summed E-state index contributed by atoms with van der Waals surface area (Å²) in [6.45, 7) is 0.556. The molecule has 0 aromatic rings. The van der Waals surface area contributed by atoms with Crippen molar-refractivity contribution in [2.24, 2.45) is 17.8 Å². The maximum Gasteiger partial charge on any atom is 0.316 e. The molecule has 0 radical (unpaired) electrons. The zero-order valence-corrected chi connectivity index (χ0v) is 8.74. The first kappa shape index (κ1) is 10.5. The Balaban J connectivity index is 2.06. The molecule has 2 N–H and O–H groups in total. The number of carbonyl (C=O) groups is 2. The van der Waals surface area contributed by atoms with Crippen molar-refractivity contribution in [2.75, 3.05) is 6.54 Å². The molecule has 1 heterocycles. The second kappa shape index (κ2) is 4.21. The van der Waals surface area contributed by atoms with E-state index in [1.165, 1.54) is 19.3 Å². The highest BCUT2D eigenvalue weighted by molar-refractivity contribution is 5.98. The van der Waals surface area contributed by atoms with Crippen molar-refractivity contribution >= 4 is 11.9 Å². The van der Waals surface area contributed by atoms with Crippen LogP contribution in [0, 0.1) is 17.8 Å². The summed E-state index contributed by atoms with van der Waals surface area (Å²) in [6, 6.07) is 0. The summed E-state index contributed by atoms with van der Waals surface area (Å²) < 4.78 is 0. The SMILES string of the molecule is O=C(O)[C@H]1C(=O)NC[C@H]1C1CCCCC1. The molecule has 2 aliphatic rings. The van der Waals surface area contributed by atoms with Gasteiger partial charge in [-0.15, -0.1) is 0 Å². The van der Waals surface area contributed by atoms with Crippen molar-refractivity contribution in [1.29, 1.82) is 0 Å². The minimum atomic E-state index is -0.958. The highest BCUT2D eigenvalue weighted by Crippen LogP contribution is 2.36. The second-order valence-electron chi connectivity index (χ2n) is 4.62. The van der Waals surface area contributed by atoms with Crippen LogP contribution in [0.15, 0.2) is 0 Å². The molecule has 2 atom stereocenters. The molecule has 1 saturated heterocycles. The lowest BCUT2D eigenvalue weighted by Crippen LogP contribution is -2.31. The largest absolute Gasteiger partial charge is 0.481 e. The van der Waals surface area contributed by atoms with Gasteiger partial charge in [0.25, 0.3) is 0 Å². The predicted molar refractivity (Wildman–Crippen MR) is 54.2 cm³/mol. The van der Waals surface area contributed by atoms with E-state index in [2.05, 4.69) is 5.32 Å². The lowest BCUT2D eigenvalue weighted by Gasteiger charge is -2.28. The van der Waals surface area contributed by atoms with Gasteiger partial charge in [0.05, 0.1) is 0 Å². The van der Waals surface area contributed by atoms with E-state index in [4.69, 9.17) is 5.11 Å². The molecule has 4 heteroatoms. The minimum Gasteiger partial charge on any atom is -0.481 e. The van der Waals surface area contributed by atoms with Crippen molar-refractivity contribution in [3.63, 3.8) is 0 Å². The van der Waals surface area contributed by atoms with Crippen LogP contribution < -0.4 is 5.32 Å². The van der Waals surface area contributed by atoms with Crippen LogP contribution in [0.3, 0.4) is 0 Å². The van der Waals surface area contributed by atoms with Gasteiger partial charge < -0.3 is 10.4 Å². The Labute approximate surface area is 89.0 Å². The molecular weight excluding hydrogens is 194 g/mol. The van der Waals surface area contributed by atoms with E-state index >= 15 is 0 Å². The van der Waals surface area contributed by atoms with Gasteiger partial charge in [-0.1, -0.05) is 32.1 Å². The van der Waals surface area contributed by atoms with E-state index in [-0.39, 0.29) is 11.8 Å². The van der Waals surface area contributed by atoms with E-state index in [1.807, 2.05) is 0 Å². The Morgan fingerprint density at radius 2 is 1.93 bits per heavy atom. The van der Waals surface area contributed by atoms with E-state index < -0.39 is 11.9 Å². The van der Waals surface area contributed by atoms with Crippen LogP contribution in [0.4, 0.5) is 0 Å². The van der Waals surface area contributed by atoms with Gasteiger partial charge in [0, 0.05) is 12.5 Å². The molecule has 1 aliphatic heterocycles. The van der Waals surface area contributed by atoms with Crippen LogP contribution in [0.1, 0.15) is 32.1 Å². The number of amides is 1. The molecule has 1 aliphatic carbocycles. The van der Waals surface area contributed by atoms with Gasteiger partial charge in [0.2, 0.25) is 5.91 Å². The number of carboxylic acids is 1. The minimum absolute atomic E-state index is 0.0234. The number of carbonyl (C=O) groups excluding carboxylic acids is 1. The van der Waals surface area contributed by atoms with Gasteiger partial charge in [-0.05, 0) is 5.92 Å². The molecule has 15 heavy (non-hydrogen) atoms.